The van der Waals surface area contributed by atoms with Crippen LogP contribution in [0.2, 0.25) is 0 Å². The van der Waals surface area contributed by atoms with Crippen molar-refractivity contribution >= 4 is 0 Å². The molecule has 0 aliphatic carbocycles. The Kier molecular flexibility index (Phi) is 4.11. The first kappa shape index (κ1) is 12.3. The molecule has 2 aromatic rings. The van der Waals surface area contributed by atoms with Crippen molar-refractivity contribution in [2.45, 2.75) is 26.4 Å². The van der Waals surface area contributed by atoms with Gasteiger partial charge in [-0.1, -0.05) is 19.1 Å². The minimum Gasteiger partial charge on any atom is -0.444 e. The van der Waals surface area contributed by atoms with E-state index in [0.717, 1.165) is 17.7 Å². The third-order valence-electron chi connectivity index (χ3n) is 2.61. The largest absolute Gasteiger partial charge is 0.444 e. The topological polar surface area (TPSA) is 61.9 Å². The molecule has 1 N–H and O–H groups in total. The predicted molar refractivity (Wildman–Crippen MR) is 67.6 cm³/mol. The summed E-state index contributed by atoms with van der Waals surface area (Å²) >= 11 is 0. The highest BCUT2D eigenvalue weighted by Gasteiger charge is 2.02. The van der Waals surface area contributed by atoms with Gasteiger partial charge in [0.2, 0.25) is 5.89 Å². The van der Waals surface area contributed by atoms with E-state index in [1.165, 1.54) is 0 Å². The van der Waals surface area contributed by atoms with Crippen LogP contribution in [0.15, 0.2) is 34.9 Å². The van der Waals surface area contributed by atoms with Crippen molar-refractivity contribution in [1.29, 1.82) is 5.26 Å². The normalized spacial score (nSPS) is 10.2. The summed E-state index contributed by atoms with van der Waals surface area (Å²) in [6, 6.07) is 9.67. The molecule has 1 heterocycles. The molecule has 4 nitrogen and oxygen atoms in total. The summed E-state index contributed by atoms with van der Waals surface area (Å²) in [5, 5.41) is 12.0. The number of hydrogen-bond acceptors (Lipinski definition) is 4. The Morgan fingerprint density at radius 3 is 3.00 bits per heavy atom. The second-order valence-corrected chi connectivity index (χ2v) is 3.99. The van der Waals surface area contributed by atoms with Gasteiger partial charge in [-0.05, 0) is 17.7 Å². The van der Waals surface area contributed by atoms with E-state index in [2.05, 4.69) is 16.4 Å². The molecule has 0 saturated carbocycles. The lowest BCUT2D eigenvalue weighted by molar-refractivity contribution is 0.439. The summed E-state index contributed by atoms with van der Waals surface area (Å²) in [6.07, 6.45) is 2.62. The van der Waals surface area contributed by atoms with Gasteiger partial charge < -0.3 is 9.73 Å². The van der Waals surface area contributed by atoms with E-state index in [-0.39, 0.29) is 0 Å². The molecule has 4 heteroatoms. The number of benzene rings is 1. The van der Waals surface area contributed by atoms with E-state index in [1.807, 2.05) is 25.1 Å². The molecule has 0 aliphatic heterocycles. The van der Waals surface area contributed by atoms with Crippen molar-refractivity contribution in [3.8, 4) is 6.07 Å². The van der Waals surface area contributed by atoms with Gasteiger partial charge in [0.05, 0.1) is 24.4 Å². The first-order valence-corrected chi connectivity index (χ1v) is 5.95. The number of aromatic nitrogens is 1. The molecule has 0 radical (unpaired) electrons. The highest BCUT2D eigenvalue weighted by molar-refractivity contribution is 5.32. The van der Waals surface area contributed by atoms with Crippen molar-refractivity contribution in [2.75, 3.05) is 0 Å². The molecular formula is C14H15N3O. The number of nitriles is 1. The van der Waals surface area contributed by atoms with Crippen LogP contribution in [0.4, 0.5) is 0 Å². The zero-order valence-electron chi connectivity index (χ0n) is 10.3. The van der Waals surface area contributed by atoms with E-state index >= 15 is 0 Å². The van der Waals surface area contributed by atoms with Crippen LogP contribution in [0.5, 0.6) is 0 Å². The molecule has 0 bridgehead atoms. The first-order chi connectivity index (χ1) is 8.81. The number of oxazole rings is 1. The molecule has 2 rings (SSSR count). The second kappa shape index (κ2) is 5.99. The molecule has 1 aromatic heterocycles. The van der Waals surface area contributed by atoms with E-state index in [0.29, 0.717) is 24.5 Å². The zero-order chi connectivity index (χ0) is 12.8. The second-order valence-electron chi connectivity index (χ2n) is 3.99. The fourth-order valence-corrected chi connectivity index (χ4v) is 1.66. The summed E-state index contributed by atoms with van der Waals surface area (Å²) < 4.78 is 5.49. The van der Waals surface area contributed by atoms with E-state index < -0.39 is 0 Å². The number of aryl methyl sites for hydroxylation is 1. The summed E-state index contributed by atoms with van der Waals surface area (Å²) in [7, 11) is 0. The van der Waals surface area contributed by atoms with Gasteiger partial charge in [-0.15, -0.1) is 0 Å². The molecule has 0 saturated heterocycles. The quantitative estimate of drug-likeness (QED) is 0.873. The van der Waals surface area contributed by atoms with Crippen LogP contribution in [0, 0.1) is 11.3 Å². The van der Waals surface area contributed by atoms with Gasteiger partial charge in [-0.25, -0.2) is 4.98 Å². The lowest BCUT2D eigenvalue weighted by Gasteiger charge is -2.02. The maximum Gasteiger partial charge on any atom is 0.208 e. The molecule has 0 atom stereocenters. The van der Waals surface area contributed by atoms with Crippen LogP contribution in [-0.4, -0.2) is 4.98 Å². The Balaban J connectivity index is 1.86. The van der Waals surface area contributed by atoms with Crippen molar-refractivity contribution < 1.29 is 4.42 Å². The van der Waals surface area contributed by atoms with Crippen molar-refractivity contribution in [3.05, 3.63) is 53.2 Å². The molecule has 18 heavy (non-hydrogen) atoms. The molecule has 1 aromatic carbocycles. The van der Waals surface area contributed by atoms with E-state index in [4.69, 9.17) is 9.68 Å². The number of hydrogen-bond donors (Lipinski definition) is 1. The third kappa shape index (κ3) is 3.19. The minimum atomic E-state index is 0.594. The number of rotatable bonds is 5. The van der Waals surface area contributed by atoms with Crippen LogP contribution < -0.4 is 5.32 Å². The van der Waals surface area contributed by atoms with Crippen molar-refractivity contribution in [3.63, 3.8) is 0 Å². The summed E-state index contributed by atoms with van der Waals surface area (Å²) in [6.45, 7) is 3.32. The SMILES string of the molecule is CCc1cnc(CNCc2cccc(C#N)c2)o1. The Morgan fingerprint density at radius 1 is 1.39 bits per heavy atom. The van der Waals surface area contributed by atoms with Gasteiger partial charge in [0, 0.05) is 13.0 Å². The van der Waals surface area contributed by atoms with Gasteiger partial charge in [0.25, 0.3) is 0 Å². The molecule has 0 spiro atoms. The summed E-state index contributed by atoms with van der Waals surface area (Å²) in [4.78, 5) is 4.17. The molecule has 0 aliphatic rings. The third-order valence-corrected chi connectivity index (χ3v) is 2.61. The Morgan fingerprint density at radius 2 is 2.28 bits per heavy atom. The van der Waals surface area contributed by atoms with Crippen LogP contribution in [-0.2, 0) is 19.5 Å². The fourth-order valence-electron chi connectivity index (χ4n) is 1.66. The van der Waals surface area contributed by atoms with Gasteiger partial charge in [0.15, 0.2) is 0 Å². The van der Waals surface area contributed by atoms with Crippen LogP contribution in [0.25, 0.3) is 0 Å². The molecule has 0 amide bonds. The fraction of sp³-hybridized carbons (Fsp3) is 0.286. The number of nitrogens with zero attached hydrogens (tertiary/aromatic N) is 2. The molecule has 0 fully saturated rings. The van der Waals surface area contributed by atoms with Crippen LogP contribution >= 0.6 is 0 Å². The molecular weight excluding hydrogens is 226 g/mol. The minimum absolute atomic E-state index is 0.594. The lowest BCUT2D eigenvalue weighted by Crippen LogP contribution is -2.12. The van der Waals surface area contributed by atoms with E-state index in [1.54, 1.807) is 12.3 Å². The monoisotopic (exact) mass is 241 g/mol. The highest BCUT2D eigenvalue weighted by Crippen LogP contribution is 2.06. The van der Waals surface area contributed by atoms with Gasteiger partial charge >= 0.3 is 0 Å². The Bertz CT molecular complexity index is 554. The standard InChI is InChI=1S/C14H15N3O/c1-2-13-9-17-14(18-13)10-16-8-12-5-3-4-11(6-12)7-15/h3-6,9,16H,2,8,10H2,1H3. The van der Waals surface area contributed by atoms with Crippen molar-refractivity contribution in [2.24, 2.45) is 0 Å². The van der Waals surface area contributed by atoms with Crippen LogP contribution in [0.1, 0.15) is 29.7 Å². The predicted octanol–water partition coefficient (Wildman–Crippen LogP) is 2.40. The van der Waals surface area contributed by atoms with Crippen LogP contribution in [0.3, 0.4) is 0 Å². The van der Waals surface area contributed by atoms with Gasteiger partial charge in [-0.2, -0.15) is 5.26 Å². The average molecular weight is 241 g/mol. The summed E-state index contributed by atoms with van der Waals surface area (Å²) in [5.41, 5.74) is 1.76. The average Bonchev–Trinajstić information content (AvgIpc) is 2.87. The van der Waals surface area contributed by atoms with Gasteiger partial charge in [-0.3, -0.25) is 0 Å². The zero-order valence-corrected chi connectivity index (χ0v) is 10.3. The van der Waals surface area contributed by atoms with Crippen molar-refractivity contribution in [1.82, 2.24) is 10.3 Å². The summed E-state index contributed by atoms with van der Waals surface area (Å²) in [5.74, 6) is 1.60. The molecule has 92 valence electrons. The maximum atomic E-state index is 8.80. The Hall–Kier alpha value is -2.12. The molecule has 0 unspecified atom stereocenters. The highest BCUT2D eigenvalue weighted by atomic mass is 16.4. The first-order valence-electron chi connectivity index (χ1n) is 5.95. The smallest absolute Gasteiger partial charge is 0.208 e. The van der Waals surface area contributed by atoms with Gasteiger partial charge in [0.1, 0.15) is 5.76 Å². The maximum absolute atomic E-state index is 8.80. The number of nitrogens with one attached hydrogen (secondary N) is 1. The lowest BCUT2D eigenvalue weighted by atomic mass is 10.1. The Labute approximate surface area is 106 Å². The van der Waals surface area contributed by atoms with E-state index in [9.17, 15) is 0 Å².